The van der Waals surface area contributed by atoms with Gasteiger partial charge in [-0.1, -0.05) is 0 Å². The van der Waals surface area contributed by atoms with Gasteiger partial charge in [-0.05, 0) is 0 Å². The van der Waals surface area contributed by atoms with E-state index in [2.05, 4.69) is 10.3 Å². The number of rotatable bonds is 5. The van der Waals surface area contributed by atoms with Crippen molar-refractivity contribution in [3.63, 3.8) is 0 Å². The summed E-state index contributed by atoms with van der Waals surface area (Å²) in [5.74, 6) is -0.663. The van der Waals surface area contributed by atoms with Gasteiger partial charge in [-0.15, -0.1) is 0 Å². The molecular weight excluding hydrogens is 454 g/mol. The van der Waals surface area contributed by atoms with Crippen molar-refractivity contribution in [2.75, 3.05) is 18.0 Å². The van der Waals surface area contributed by atoms with E-state index in [4.69, 9.17) is 8.68 Å². The summed E-state index contributed by atoms with van der Waals surface area (Å²) in [5, 5.41) is 2.60. The molecule has 0 unspecified atom stereocenters. The Balaban J connectivity index is 1.76. The molecule has 1 aliphatic heterocycles. The average molecular weight is 471 g/mol. The summed E-state index contributed by atoms with van der Waals surface area (Å²) in [6, 6.07) is 8.12. The predicted molar refractivity (Wildman–Crippen MR) is 88.8 cm³/mol. The van der Waals surface area contributed by atoms with E-state index >= 15 is 0 Å². The number of pyridine rings is 1. The number of cyclic esters (lactones) is 1. The maximum absolute atomic E-state index is 14.6. The summed E-state index contributed by atoms with van der Waals surface area (Å²) in [4.78, 5) is 28.5. The Hall–Kier alpha value is -2.27. The van der Waals surface area contributed by atoms with Crippen molar-refractivity contribution in [3.05, 3.63) is 46.0 Å². The zero-order valence-electron chi connectivity index (χ0n) is 13.9. The van der Waals surface area contributed by atoms with Gasteiger partial charge in [0.2, 0.25) is 5.91 Å². The number of nitrogens with two attached hydrogens (primary N) is 1. The standard InChI is InChI=1S/C17H17FIN4O3/c1-10(24)21-8-13-9-23(17(25)26-13)12-3-4-14(15(18)6-12)11-2-5-16(19-20)22-7-11/h2-7,13H,8-9,20H2,1H3,(H,21,24)/q-1/t13-/m0/s1. The fraction of sp³-hybridized carbons (Fsp3) is 0.235. The molecule has 1 fully saturated rings. The molecule has 3 N–H and O–H groups in total. The van der Waals surface area contributed by atoms with Gasteiger partial charge in [0.15, 0.2) is 0 Å². The van der Waals surface area contributed by atoms with Crippen molar-refractivity contribution < 1.29 is 40.2 Å². The molecule has 1 atom stereocenters. The first-order chi connectivity index (χ1) is 12.5. The molecule has 1 aromatic heterocycles. The van der Waals surface area contributed by atoms with Gasteiger partial charge in [0, 0.05) is 6.92 Å². The Morgan fingerprint density at radius 2 is 2.27 bits per heavy atom. The van der Waals surface area contributed by atoms with Crippen molar-refractivity contribution in [1.82, 2.24) is 10.3 Å². The summed E-state index contributed by atoms with van der Waals surface area (Å²) in [7, 11) is 0. The molecule has 0 aliphatic carbocycles. The van der Waals surface area contributed by atoms with Crippen LogP contribution in [0.15, 0.2) is 36.5 Å². The number of hydrogen-bond donors (Lipinski definition) is 2. The number of carbonyl (C=O) groups is 2. The molecule has 2 amide bonds. The Morgan fingerprint density at radius 3 is 2.88 bits per heavy atom. The molecule has 138 valence electrons. The van der Waals surface area contributed by atoms with Crippen LogP contribution in [0.5, 0.6) is 0 Å². The Kier molecular flexibility index (Phi) is 5.67. The zero-order valence-corrected chi connectivity index (χ0v) is 16.1. The van der Waals surface area contributed by atoms with Gasteiger partial charge in [0.1, 0.15) is 0 Å². The van der Waals surface area contributed by atoms with Gasteiger partial charge in [-0.25, -0.2) is 0 Å². The summed E-state index contributed by atoms with van der Waals surface area (Å²) in [5.41, 5.74) is 1.44. The van der Waals surface area contributed by atoms with Gasteiger partial charge in [-0.3, -0.25) is 4.79 Å². The number of nitrogens with one attached hydrogen (secondary N) is 1. The van der Waals surface area contributed by atoms with Crippen LogP contribution in [0.25, 0.3) is 11.1 Å². The van der Waals surface area contributed by atoms with E-state index in [0.717, 1.165) is 3.70 Å². The van der Waals surface area contributed by atoms with E-state index in [1.807, 2.05) is 0 Å². The SMILES string of the molecule is CC(=O)NC[C@H]1CN(c2ccc(-c3ccc([I-]N)nc3)c(F)c2)C(=O)O1. The molecular formula is C17H17FIN4O3-. The molecule has 1 saturated heterocycles. The third kappa shape index (κ3) is 4.10. The van der Waals surface area contributed by atoms with E-state index in [1.165, 1.54) is 17.9 Å². The van der Waals surface area contributed by atoms with Crippen LogP contribution in [-0.4, -0.2) is 36.2 Å². The molecule has 1 aliphatic rings. The molecule has 2 aromatic rings. The first kappa shape index (κ1) is 18.5. The summed E-state index contributed by atoms with van der Waals surface area (Å²) in [6.45, 7) is 1.85. The number of amides is 2. The third-order valence-corrected chi connectivity index (χ3v) is 5.14. The van der Waals surface area contributed by atoms with Crippen LogP contribution in [-0.2, 0) is 9.53 Å². The Morgan fingerprint density at radius 1 is 1.46 bits per heavy atom. The molecule has 0 radical (unpaired) electrons. The number of hydrogen-bond acceptors (Lipinski definition) is 5. The fourth-order valence-electron chi connectivity index (χ4n) is 2.60. The number of nitrogens with zero attached hydrogens (tertiary/aromatic N) is 2. The molecule has 0 spiro atoms. The first-order valence-corrected chi connectivity index (χ1v) is 10.1. The van der Waals surface area contributed by atoms with Crippen LogP contribution in [0, 0.1) is 9.52 Å². The van der Waals surface area contributed by atoms with Crippen molar-refractivity contribution in [2.24, 2.45) is 3.95 Å². The Bertz CT molecular complexity index is 831. The topological polar surface area (TPSA) is 97.5 Å². The van der Waals surface area contributed by atoms with Crippen LogP contribution < -0.4 is 35.6 Å². The Labute approximate surface area is 160 Å². The number of benzene rings is 1. The van der Waals surface area contributed by atoms with Crippen molar-refractivity contribution >= 4 is 17.7 Å². The minimum atomic E-state index is -0.600. The summed E-state index contributed by atoms with van der Waals surface area (Å²) < 4.78 is 26.2. The van der Waals surface area contributed by atoms with E-state index in [0.29, 0.717) is 16.8 Å². The molecule has 3 rings (SSSR count). The monoisotopic (exact) mass is 471 g/mol. The van der Waals surface area contributed by atoms with Crippen molar-refractivity contribution in [3.8, 4) is 11.1 Å². The second-order valence-electron chi connectivity index (χ2n) is 5.70. The number of anilines is 1. The summed E-state index contributed by atoms with van der Waals surface area (Å²) in [6.07, 6.45) is 0.559. The molecule has 26 heavy (non-hydrogen) atoms. The van der Waals surface area contributed by atoms with E-state index in [9.17, 15) is 14.0 Å². The zero-order chi connectivity index (χ0) is 18.7. The van der Waals surface area contributed by atoms with E-state index in [-0.39, 0.29) is 19.0 Å². The maximum atomic E-state index is 14.6. The molecule has 0 saturated carbocycles. The van der Waals surface area contributed by atoms with E-state index < -0.39 is 39.5 Å². The normalized spacial score (nSPS) is 16.7. The summed E-state index contributed by atoms with van der Waals surface area (Å²) >= 11 is -0.600. The molecule has 0 bridgehead atoms. The number of ether oxygens (including phenoxy) is 1. The van der Waals surface area contributed by atoms with Crippen LogP contribution in [0.2, 0.25) is 0 Å². The van der Waals surface area contributed by atoms with Gasteiger partial charge in [0.25, 0.3) is 0 Å². The third-order valence-electron chi connectivity index (χ3n) is 3.87. The number of aromatic nitrogens is 1. The van der Waals surface area contributed by atoms with Crippen LogP contribution in [0.3, 0.4) is 0 Å². The molecule has 2 heterocycles. The fourth-order valence-corrected chi connectivity index (χ4v) is 3.29. The number of carbonyl (C=O) groups excluding carboxylic acids is 2. The van der Waals surface area contributed by atoms with Crippen LogP contribution in [0.4, 0.5) is 14.9 Å². The van der Waals surface area contributed by atoms with E-state index in [1.54, 1.807) is 30.5 Å². The molecule has 7 nitrogen and oxygen atoms in total. The average Bonchev–Trinajstić information content (AvgIpc) is 3.01. The van der Waals surface area contributed by atoms with Crippen LogP contribution >= 0.6 is 0 Å². The quantitative estimate of drug-likeness (QED) is 0.314. The second-order valence-corrected chi connectivity index (χ2v) is 7.42. The van der Waals surface area contributed by atoms with Gasteiger partial charge >= 0.3 is 137 Å². The van der Waals surface area contributed by atoms with Crippen molar-refractivity contribution in [2.45, 2.75) is 13.0 Å². The predicted octanol–water partition coefficient (Wildman–Crippen LogP) is -1.52. The number of halogens is 2. The first-order valence-electron chi connectivity index (χ1n) is 7.80. The molecule has 9 heteroatoms. The second kappa shape index (κ2) is 7.96. The van der Waals surface area contributed by atoms with Gasteiger partial charge in [-0.2, -0.15) is 0 Å². The van der Waals surface area contributed by atoms with Gasteiger partial charge in [0.05, 0.1) is 0 Å². The van der Waals surface area contributed by atoms with Gasteiger partial charge < -0.3 is 5.32 Å². The molecule has 1 aromatic carbocycles. The van der Waals surface area contributed by atoms with Crippen LogP contribution in [0.1, 0.15) is 6.92 Å². The minimum absolute atomic E-state index is 0.203. The van der Waals surface area contributed by atoms with Crippen molar-refractivity contribution in [1.29, 1.82) is 0 Å².